The Morgan fingerprint density at radius 2 is 2.00 bits per heavy atom. The fourth-order valence-corrected chi connectivity index (χ4v) is 2.05. The van der Waals surface area contributed by atoms with Crippen molar-refractivity contribution in [3.8, 4) is 11.5 Å². The maximum absolute atomic E-state index is 11.1. The summed E-state index contributed by atoms with van der Waals surface area (Å²) in [5, 5.41) is -0.242. The molecule has 5 heteroatoms. The third-order valence-electron chi connectivity index (χ3n) is 2.70. The standard InChI is InChI=1S/C14H18Cl2O3/c1-3-4-5-6-7-19-13-11(15)8-10(14(16)17)9-12(13)18-2/h8-9H,3-7H2,1-2H3. The first-order valence-electron chi connectivity index (χ1n) is 6.30. The van der Waals surface area contributed by atoms with E-state index < -0.39 is 5.24 Å². The number of benzene rings is 1. The molecule has 3 nitrogen and oxygen atoms in total. The predicted molar refractivity (Wildman–Crippen MR) is 77.8 cm³/mol. The van der Waals surface area contributed by atoms with Gasteiger partial charge in [0, 0.05) is 5.56 Å². The van der Waals surface area contributed by atoms with E-state index in [1.165, 1.54) is 32.1 Å². The zero-order valence-electron chi connectivity index (χ0n) is 11.2. The van der Waals surface area contributed by atoms with Gasteiger partial charge < -0.3 is 9.47 Å². The lowest BCUT2D eigenvalue weighted by molar-refractivity contribution is 0.108. The summed E-state index contributed by atoms with van der Waals surface area (Å²) >= 11 is 11.5. The first-order chi connectivity index (χ1) is 9.10. The Hall–Kier alpha value is -0.930. The quantitative estimate of drug-likeness (QED) is 0.516. The smallest absolute Gasteiger partial charge is 0.252 e. The van der Waals surface area contributed by atoms with Crippen molar-refractivity contribution in [3.63, 3.8) is 0 Å². The number of carbonyl (C=O) groups is 1. The van der Waals surface area contributed by atoms with E-state index in [0.29, 0.717) is 28.7 Å². The van der Waals surface area contributed by atoms with Crippen LogP contribution in [-0.2, 0) is 0 Å². The van der Waals surface area contributed by atoms with Gasteiger partial charge in [0.05, 0.1) is 18.7 Å². The Morgan fingerprint density at radius 1 is 1.26 bits per heavy atom. The highest BCUT2D eigenvalue weighted by molar-refractivity contribution is 6.67. The monoisotopic (exact) mass is 304 g/mol. The van der Waals surface area contributed by atoms with E-state index in [1.54, 1.807) is 0 Å². The fraction of sp³-hybridized carbons (Fsp3) is 0.500. The van der Waals surface area contributed by atoms with E-state index in [-0.39, 0.29) is 0 Å². The third kappa shape index (κ3) is 4.92. The van der Waals surface area contributed by atoms with Crippen LogP contribution >= 0.6 is 23.2 Å². The summed E-state index contributed by atoms with van der Waals surface area (Å²) in [7, 11) is 1.50. The molecule has 0 fully saturated rings. The van der Waals surface area contributed by atoms with Crippen molar-refractivity contribution in [2.75, 3.05) is 13.7 Å². The zero-order valence-corrected chi connectivity index (χ0v) is 12.7. The fourth-order valence-electron chi connectivity index (χ4n) is 1.68. The SMILES string of the molecule is CCCCCCOc1c(Cl)cc(C(=O)Cl)cc1OC. The zero-order chi connectivity index (χ0) is 14.3. The second kappa shape index (κ2) is 8.28. The number of hydrogen-bond acceptors (Lipinski definition) is 3. The molecule has 1 rings (SSSR count). The van der Waals surface area contributed by atoms with Crippen LogP contribution in [0.4, 0.5) is 0 Å². The average Bonchev–Trinajstić information content (AvgIpc) is 2.39. The van der Waals surface area contributed by atoms with Gasteiger partial charge >= 0.3 is 0 Å². The van der Waals surface area contributed by atoms with Crippen molar-refractivity contribution in [2.24, 2.45) is 0 Å². The minimum atomic E-state index is -0.574. The van der Waals surface area contributed by atoms with E-state index >= 15 is 0 Å². The van der Waals surface area contributed by atoms with Crippen molar-refractivity contribution >= 4 is 28.4 Å². The molecule has 0 amide bonds. The molecule has 0 aliphatic rings. The maximum atomic E-state index is 11.1. The molecule has 0 aromatic heterocycles. The van der Waals surface area contributed by atoms with Gasteiger partial charge in [0.15, 0.2) is 11.5 Å². The van der Waals surface area contributed by atoms with Crippen molar-refractivity contribution in [2.45, 2.75) is 32.6 Å². The number of hydrogen-bond donors (Lipinski definition) is 0. The topological polar surface area (TPSA) is 35.5 Å². The molecule has 0 heterocycles. The Labute approximate surface area is 123 Å². The molecule has 0 radical (unpaired) electrons. The third-order valence-corrected chi connectivity index (χ3v) is 3.20. The molecule has 0 atom stereocenters. The van der Waals surface area contributed by atoms with Gasteiger partial charge in [-0.1, -0.05) is 37.8 Å². The van der Waals surface area contributed by atoms with Crippen LogP contribution in [0.15, 0.2) is 12.1 Å². The highest BCUT2D eigenvalue weighted by Gasteiger charge is 2.14. The molecule has 0 saturated heterocycles. The summed E-state index contributed by atoms with van der Waals surface area (Å²) in [6.45, 7) is 2.73. The van der Waals surface area contributed by atoms with E-state index in [0.717, 1.165) is 12.8 Å². The van der Waals surface area contributed by atoms with Crippen molar-refractivity contribution < 1.29 is 14.3 Å². The van der Waals surface area contributed by atoms with Crippen LogP contribution in [0.2, 0.25) is 5.02 Å². The Kier molecular flexibility index (Phi) is 7.03. The van der Waals surface area contributed by atoms with Crippen LogP contribution in [0.3, 0.4) is 0 Å². The van der Waals surface area contributed by atoms with Gasteiger partial charge in [-0.2, -0.15) is 0 Å². The molecule has 106 valence electrons. The van der Waals surface area contributed by atoms with Crippen LogP contribution in [0, 0.1) is 0 Å². The molecule has 1 aromatic carbocycles. The van der Waals surface area contributed by atoms with Gasteiger partial charge in [0.2, 0.25) is 0 Å². The van der Waals surface area contributed by atoms with E-state index in [9.17, 15) is 4.79 Å². The Morgan fingerprint density at radius 3 is 2.58 bits per heavy atom. The van der Waals surface area contributed by atoms with Crippen molar-refractivity contribution in [1.82, 2.24) is 0 Å². The normalized spacial score (nSPS) is 10.3. The summed E-state index contributed by atoms with van der Waals surface area (Å²) in [6.07, 6.45) is 4.45. The van der Waals surface area contributed by atoms with Gasteiger partial charge in [-0.15, -0.1) is 0 Å². The second-order valence-corrected chi connectivity index (χ2v) is 4.92. The van der Waals surface area contributed by atoms with Crippen molar-refractivity contribution in [1.29, 1.82) is 0 Å². The first kappa shape index (κ1) is 16.1. The minimum Gasteiger partial charge on any atom is -0.493 e. The molecule has 0 bridgehead atoms. The first-order valence-corrected chi connectivity index (χ1v) is 7.05. The van der Waals surface area contributed by atoms with Crippen LogP contribution in [0.25, 0.3) is 0 Å². The number of halogens is 2. The Bertz CT molecular complexity index is 433. The lowest BCUT2D eigenvalue weighted by atomic mass is 10.2. The molecule has 0 N–H and O–H groups in total. The van der Waals surface area contributed by atoms with Gasteiger partial charge in [-0.05, 0) is 30.2 Å². The van der Waals surface area contributed by atoms with Crippen molar-refractivity contribution in [3.05, 3.63) is 22.7 Å². The second-order valence-electron chi connectivity index (χ2n) is 4.17. The molecular formula is C14H18Cl2O3. The highest BCUT2D eigenvalue weighted by Crippen LogP contribution is 2.36. The molecule has 0 unspecified atom stereocenters. The predicted octanol–water partition coefficient (Wildman–Crippen LogP) is 4.69. The summed E-state index contributed by atoms with van der Waals surface area (Å²) in [4.78, 5) is 11.1. The van der Waals surface area contributed by atoms with Gasteiger partial charge in [0.25, 0.3) is 5.24 Å². The van der Waals surface area contributed by atoms with Crippen LogP contribution in [0.5, 0.6) is 11.5 Å². The summed E-state index contributed by atoms with van der Waals surface area (Å²) in [5.74, 6) is 0.884. The lowest BCUT2D eigenvalue weighted by Gasteiger charge is -2.13. The van der Waals surface area contributed by atoms with E-state index in [1.807, 2.05) is 0 Å². The van der Waals surface area contributed by atoms with Gasteiger partial charge in [0.1, 0.15) is 0 Å². The molecule has 0 saturated carbocycles. The average molecular weight is 305 g/mol. The molecule has 0 spiro atoms. The summed E-state index contributed by atoms with van der Waals surface area (Å²) in [5.41, 5.74) is 0.293. The molecular weight excluding hydrogens is 287 g/mol. The van der Waals surface area contributed by atoms with E-state index in [4.69, 9.17) is 32.7 Å². The molecule has 19 heavy (non-hydrogen) atoms. The number of carbonyl (C=O) groups excluding carboxylic acids is 1. The van der Waals surface area contributed by atoms with E-state index in [2.05, 4.69) is 6.92 Å². The largest absolute Gasteiger partial charge is 0.493 e. The van der Waals surface area contributed by atoms with Gasteiger partial charge in [-0.3, -0.25) is 4.79 Å². The number of rotatable bonds is 8. The molecule has 0 aliphatic carbocycles. The molecule has 0 aliphatic heterocycles. The number of methoxy groups -OCH3 is 1. The lowest BCUT2D eigenvalue weighted by Crippen LogP contribution is -2.01. The summed E-state index contributed by atoms with van der Waals surface area (Å²) < 4.78 is 10.8. The summed E-state index contributed by atoms with van der Waals surface area (Å²) in [6, 6.07) is 3.02. The molecule has 1 aromatic rings. The Balaban J connectivity index is 2.74. The number of ether oxygens (including phenoxy) is 2. The van der Waals surface area contributed by atoms with Crippen LogP contribution < -0.4 is 9.47 Å². The van der Waals surface area contributed by atoms with Crippen LogP contribution in [-0.4, -0.2) is 19.0 Å². The highest BCUT2D eigenvalue weighted by atomic mass is 35.5. The van der Waals surface area contributed by atoms with Gasteiger partial charge in [-0.25, -0.2) is 0 Å². The maximum Gasteiger partial charge on any atom is 0.252 e. The van der Waals surface area contributed by atoms with Crippen LogP contribution in [0.1, 0.15) is 43.0 Å². The number of unbranched alkanes of at least 4 members (excludes halogenated alkanes) is 3. The minimum absolute atomic E-state index is 0.293.